The number of halogens is 1. The van der Waals surface area contributed by atoms with Gasteiger partial charge in [0.15, 0.2) is 0 Å². The lowest BCUT2D eigenvalue weighted by Gasteiger charge is -2.05. The molecular weight excluding hydrogens is 174 g/mol. The van der Waals surface area contributed by atoms with Gasteiger partial charge in [-0.1, -0.05) is 11.6 Å². The van der Waals surface area contributed by atoms with E-state index >= 15 is 0 Å². The minimum absolute atomic E-state index is 0.592. The predicted molar refractivity (Wildman–Crippen MR) is 49.6 cm³/mol. The third kappa shape index (κ3) is 1.54. The molecule has 1 N–H and O–H groups in total. The Kier molecular flexibility index (Phi) is 2.19. The lowest BCUT2D eigenvalue weighted by Crippen LogP contribution is -2.02. The van der Waals surface area contributed by atoms with Crippen molar-refractivity contribution in [1.29, 1.82) is 0 Å². The summed E-state index contributed by atoms with van der Waals surface area (Å²) in [5.74, 6) is 0. The maximum absolute atomic E-state index is 5.86. The zero-order chi connectivity index (χ0) is 8.39. The van der Waals surface area contributed by atoms with E-state index < -0.39 is 0 Å². The molecule has 2 nitrogen and oxygen atoms in total. The molecule has 0 saturated heterocycles. The molecule has 0 spiro atoms. The van der Waals surface area contributed by atoms with Crippen LogP contribution in [-0.2, 0) is 11.2 Å². The topological polar surface area (TPSA) is 21.3 Å². The number of anilines is 1. The fraction of sp³-hybridized carbons (Fsp3) is 0.333. The Morgan fingerprint density at radius 2 is 2.33 bits per heavy atom. The summed E-state index contributed by atoms with van der Waals surface area (Å²) in [4.78, 5) is 0. The minimum atomic E-state index is 0.592. The molecule has 0 saturated carbocycles. The van der Waals surface area contributed by atoms with Crippen molar-refractivity contribution in [2.45, 2.75) is 6.42 Å². The van der Waals surface area contributed by atoms with Crippen LogP contribution in [0.25, 0.3) is 0 Å². The predicted octanol–water partition coefficient (Wildman–Crippen LogP) is 2.28. The van der Waals surface area contributed by atoms with Gasteiger partial charge >= 0.3 is 0 Å². The molecule has 0 aromatic heterocycles. The number of fused-ring (bicyclic) bond motifs is 1. The van der Waals surface area contributed by atoms with Crippen LogP contribution in [0.4, 0.5) is 5.69 Å². The van der Waals surface area contributed by atoms with Crippen molar-refractivity contribution in [3.63, 3.8) is 0 Å². The van der Waals surface area contributed by atoms with E-state index in [2.05, 4.69) is 5.32 Å². The maximum Gasteiger partial charge on any atom is 0.116 e. The van der Waals surface area contributed by atoms with Crippen molar-refractivity contribution in [2.75, 3.05) is 18.7 Å². The average molecular weight is 184 g/mol. The van der Waals surface area contributed by atoms with Crippen LogP contribution in [0, 0.1) is 0 Å². The van der Waals surface area contributed by atoms with Gasteiger partial charge in [0.2, 0.25) is 0 Å². The quantitative estimate of drug-likeness (QED) is 0.667. The summed E-state index contributed by atoms with van der Waals surface area (Å²) in [6.07, 6.45) is 0.933. The van der Waals surface area contributed by atoms with Gasteiger partial charge in [-0.05, 0) is 30.2 Å². The lowest BCUT2D eigenvalue weighted by atomic mass is 10.1. The third-order valence-corrected chi connectivity index (χ3v) is 2.18. The number of rotatable bonds is 0. The Balaban J connectivity index is 2.36. The Bertz CT molecular complexity index is 288. The Morgan fingerprint density at radius 3 is 3.25 bits per heavy atom. The van der Waals surface area contributed by atoms with E-state index in [9.17, 15) is 0 Å². The number of ether oxygens (including phenoxy) is 1. The van der Waals surface area contributed by atoms with E-state index in [4.69, 9.17) is 16.3 Å². The summed E-state index contributed by atoms with van der Waals surface area (Å²) in [5, 5.41) is 3.96. The molecular formula is C9H10ClNO. The van der Waals surface area contributed by atoms with Crippen LogP contribution in [0.3, 0.4) is 0 Å². The third-order valence-electron chi connectivity index (χ3n) is 1.95. The van der Waals surface area contributed by atoms with E-state index in [1.807, 2.05) is 18.2 Å². The Labute approximate surface area is 76.5 Å². The molecule has 3 heteroatoms. The lowest BCUT2D eigenvalue weighted by molar-refractivity contribution is 0.160. The van der Waals surface area contributed by atoms with Gasteiger partial charge in [-0.25, -0.2) is 0 Å². The molecule has 1 aromatic rings. The van der Waals surface area contributed by atoms with Gasteiger partial charge in [0.25, 0.3) is 0 Å². The molecule has 1 heterocycles. The highest BCUT2D eigenvalue weighted by atomic mass is 35.5. The summed E-state index contributed by atoms with van der Waals surface area (Å²) >= 11 is 5.86. The molecule has 0 radical (unpaired) electrons. The molecule has 0 amide bonds. The van der Waals surface area contributed by atoms with Gasteiger partial charge in [0.05, 0.1) is 6.61 Å². The van der Waals surface area contributed by atoms with E-state index in [0.29, 0.717) is 6.73 Å². The highest BCUT2D eigenvalue weighted by molar-refractivity contribution is 6.30. The van der Waals surface area contributed by atoms with Crippen LogP contribution < -0.4 is 5.32 Å². The zero-order valence-electron chi connectivity index (χ0n) is 6.64. The molecule has 0 unspecified atom stereocenters. The monoisotopic (exact) mass is 183 g/mol. The van der Waals surface area contributed by atoms with Gasteiger partial charge in [-0.2, -0.15) is 0 Å². The molecule has 64 valence electrons. The standard InChI is InChI=1S/C9H10ClNO/c10-8-1-2-9-7(5-8)3-4-12-6-11-9/h1-2,5,11H,3-4,6H2. The van der Waals surface area contributed by atoms with Crippen LogP contribution in [-0.4, -0.2) is 13.3 Å². The normalized spacial score (nSPS) is 16.1. The number of hydrogen-bond donors (Lipinski definition) is 1. The number of benzene rings is 1. The van der Waals surface area contributed by atoms with E-state index in [1.54, 1.807) is 0 Å². The highest BCUT2D eigenvalue weighted by Gasteiger charge is 2.06. The second-order valence-electron chi connectivity index (χ2n) is 2.78. The largest absolute Gasteiger partial charge is 0.362 e. The smallest absolute Gasteiger partial charge is 0.116 e. The second kappa shape index (κ2) is 3.33. The van der Waals surface area contributed by atoms with Gasteiger partial charge < -0.3 is 10.1 Å². The fourth-order valence-corrected chi connectivity index (χ4v) is 1.52. The molecule has 0 aliphatic carbocycles. The van der Waals surface area contributed by atoms with Gasteiger partial charge in [-0.15, -0.1) is 0 Å². The maximum atomic E-state index is 5.86. The zero-order valence-corrected chi connectivity index (χ0v) is 7.40. The summed E-state index contributed by atoms with van der Waals surface area (Å²) in [6.45, 7) is 1.36. The first-order valence-electron chi connectivity index (χ1n) is 3.96. The first kappa shape index (κ1) is 7.90. The molecule has 1 aromatic carbocycles. The summed E-state index contributed by atoms with van der Waals surface area (Å²) in [5.41, 5.74) is 2.37. The molecule has 1 aliphatic rings. The van der Waals surface area contributed by atoms with Crippen LogP contribution in [0.5, 0.6) is 0 Å². The van der Waals surface area contributed by atoms with Crippen molar-refractivity contribution in [2.24, 2.45) is 0 Å². The molecule has 12 heavy (non-hydrogen) atoms. The van der Waals surface area contributed by atoms with Crippen molar-refractivity contribution < 1.29 is 4.74 Å². The SMILES string of the molecule is Clc1ccc2c(c1)CCOCN2. The first-order chi connectivity index (χ1) is 5.86. The Morgan fingerprint density at radius 1 is 1.42 bits per heavy atom. The molecule has 0 bridgehead atoms. The van der Waals surface area contributed by atoms with Crippen LogP contribution >= 0.6 is 11.6 Å². The van der Waals surface area contributed by atoms with Crippen molar-refractivity contribution in [3.8, 4) is 0 Å². The van der Waals surface area contributed by atoms with E-state index in [-0.39, 0.29) is 0 Å². The number of hydrogen-bond acceptors (Lipinski definition) is 2. The van der Waals surface area contributed by atoms with Gasteiger partial charge in [0, 0.05) is 10.7 Å². The van der Waals surface area contributed by atoms with Crippen molar-refractivity contribution >= 4 is 17.3 Å². The highest BCUT2D eigenvalue weighted by Crippen LogP contribution is 2.22. The molecule has 0 atom stereocenters. The van der Waals surface area contributed by atoms with Crippen molar-refractivity contribution in [1.82, 2.24) is 0 Å². The van der Waals surface area contributed by atoms with E-state index in [0.717, 1.165) is 23.7 Å². The summed E-state index contributed by atoms with van der Waals surface area (Å²) in [6, 6.07) is 5.86. The summed E-state index contributed by atoms with van der Waals surface area (Å²) < 4.78 is 5.26. The Hall–Kier alpha value is -0.730. The van der Waals surface area contributed by atoms with Crippen LogP contribution in [0.2, 0.25) is 5.02 Å². The van der Waals surface area contributed by atoms with Crippen LogP contribution in [0.15, 0.2) is 18.2 Å². The van der Waals surface area contributed by atoms with Gasteiger partial charge in [-0.3, -0.25) is 0 Å². The van der Waals surface area contributed by atoms with E-state index in [1.165, 1.54) is 5.56 Å². The van der Waals surface area contributed by atoms with Crippen LogP contribution in [0.1, 0.15) is 5.56 Å². The summed E-state index contributed by atoms with van der Waals surface area (Å²) in [7, 11) is 0. The van der Waals surface area contributed by atoms with Gasteiger partial charge in [0.1, 0.15) is 6.73 Å². The first-order valence-corrected chi connectivity index (χ1v) is 4.34. The van der Waals surface area contributed by atoms with Crippen molar-refractivity contribution in [3.05, 3.63) is 28.8 Å². The molecule has 0 fully saturated rings. The second-order valence-corrected chi connectivity index (χ2v) is 3.22. The molecule has 1 aliphatic heterocycles. The average Bonchev–Trinajstić information content (AvgIpc) is 2.28. The fourth-order valence-electron chi connectivity index (χ4n) is 1.32. The number of nitrogens with one attached hydrogen (secondary N) is 1. The minimum Gasteiger partial charge on any atom is -0.362 e. The molecule has 2 rings (SSSR count).